The molecule has 0 aliphatic heterocycles. The monoisotopic (exact) mass is 418 g/mol. The number of hydrogen-bond donors (Lipinski definition) is 2. The van der Waals surface area contributed by atoms with Gasteiger partial charge in [-0.3, -0.25) is 9.59 Å². The molecule has 3 aromatic rings. The summed E-state index contributed by atoms with van der Waals surface area (Å²) in [7, 11) is 1.30. The Morgan fingerprint density at radius 1 is 0.839 bits per heavy atom. The topological polar surface area (TPSA) is 93.7 Å². The summed E-state index contributed by atoms with van der Waals surface area (Å²) in [6.45, 7) is 0.129. The fraction of sp³-hybridized carbons (Fsp3) is 0.125. The van der Waals surface area contributed by atoms with Crippen LogP contribution >= 0.6 is 0 Å². The SMILES string of the molecule is COC(=O)c1ccc(OCC(=O)Nc2ccccc2C(=O)NCc2ccccc2)cc1. The van der Waals surface area contributed by atoms with Gasteiger partial charge in [-0.1, -0.05) is 42.5 Å². The molecule has 158 valence electrons. The zero-order chi connectivity index (χ0) is 22.1. The fourth-order valence-electron chi connectivity index (χ4n) is 2.80. The summed E-state index contributed by atoms with van der Waals surface area (Å²) in [5, 5.41) is 5.55. The van der Waals surface area contributed by atoms with Crippen molar-refractivity contribution in [1.82, 2.24) is 5.32 Å². The summed E-state index contributed by atoms with van der Waals surface area (Å²) >= 11 is 0. The van der Waals surface area contributed by atoms with E-state index in [1.807, 2.05) is 30.3 Å². The number of amides is 2. The van der Waals surface area contributed by atoms with Gasteiger partial charge in [-0.25, -0.2) is 4.79 Å². The van der Waals surface area contributed by atoms with Crippen molar-refractivity contribution in [3.05, 3.63) is 95.6 Å². The molecule has 0 aliphatic carbocycles. The Bertz CT molecular complexity index is 1050. The average Bonchev–Trinajstić information content (AvgIpc) is 2.82. The fourth-order valence-corrected chi connectivity index (χ4v) is 2.80. The van der Waals surface area contributed by atoms with Crippen molar-refractivity contribution < 1.29 is 23.9 Å². The van der Waals surface area contributed by atoms with Gasteiger partial charge in [-0.15, -0.1) is 0 Å². The van der Waals surface area contributed by atoms with Gasteiger partial charge in [0.15, 0.2) is 6.61 Å². The van der Waals surface area contributed by atoms with Gasteiger partial charge in [0.2, 0.25) is 0 Å². The second-order valence-corrected chi connectivity index (χ2v) is 6.57. The largest absolute Gasteiger partial charge is 0.484 e. The van der Waals surface area contributed by atoms with E-state index in [-0.39, 0.29) is 12.5 Å². The average molecular weight is 418 g/mol. The summed E-state index contributed by atoms with van der Waals surface area (Å²) in [5.41, 5.74) is 2.11. The smallest absolute Gasteiger partial charge is 0.337 e. The van der Waals surface area contributed by atoms with Crippen molar-refractivity contribution in [2.45, 2.75) is 6.54 Å². The van der Waals surface area contributed by atoms with Crippen molar-refractivity contribution in [3.63, 3.8) is 0 Å². The minimum absolute atomic E-state index is 0.252. The molecule has 0 aliphatic rings. The number of methoxy groups -OCH3 is 1. The number of hydrogen-bond acceptors (Lipinski definition) is 5. The van der Waals surface area contributed by atoms with Crippen LogP contribution in [0.3, 0.4) is 0 Å². The molecular weight excluding hydrogens is 396 g/mol. The molecular formula is C24H22N2O5. The van der Waals surface area contributed by atoms with Gasteiger partial charge in [0.05, 0.1) is 23.9 Å². The molecule has 0 heterocycles. The van der Waals surface area contributed by atoms with E-state index in [2.05, 4.69) is 15.4 Å². The first-order valence-corrected chi connectivity index (χ1v) is 9.59. The molecule has 0 radical (unpaired) electrons. The lowest BCUT2D eigenvalue weighted by atomic mass is 10.1. The van der Waals surface area contributed by atoms with Crippen LogP contribution in [0.2, 0.25) is 0 Å². The zero-order valence-corrected chi connectivity index (χ0v) is 17.0. The molecule has 3 aromatic carbocycles. The van der Waals surface area contributed by atoms with Crippen molar-refractivity contribution in [2.24, 2.45) is 0 Å². The molecule has 0 spiro atoms. The normalized spacial score (nSPS) is 10.1. The molecule has 0 atom stereocenters. The van der Waals surface area contributed by atoms with Crippen molar-refractivity contribution in [1.29, 1.82) is 0 Å². The van der Waals surface area contributed by atoms with Gasteiger partial charge in [0.25, 0.3) is 11.8 Å². The highest BCUT2D eigenvalue weighted by atomic mass is 16.5. The highest BCUT2D eigenvalue weighted by molar-refractivity contribution is 6.04. The molecule has 0 aromatic heterocycles. The number of carbonyl (C=O) groups is 3. The van der Waals surface area contributed by atoms with E-state index in [9.17, 15) is 14.4 Å². The minimum Gasteiger partial charge on any atom is -0.484 e. The maximum atomic E-state index is 12.6. The molecule has 0 bridgehead atoms. The first kappa shape index (κ1) is 21.6. The van der Waals surface area contributed by atoms with Crippen LogP contribution in [0.1, 0.15) is 26.3 Å². The number of rotatable bonds is 8. The molecule has 7 heteroatoms. The third kappa shape index (κ3) is 6.17. The lowest BCUT2D eigenvalue weighted by Crippen LogP contribution is -2.26. The van der Waals surface area contributed by atoms with Crippen molar-refractivity contribution in [3.8, 4) is 5.75 Å². The van der Waals surface area contributed by atoms with E-state index in [1.165, 1.54) is 7.11 Å². The number of anilines is 1. The van der Waals surface area contributed by atoms with Gasteiger partial charge in [0.1, 0.15) is 5.75 Å². The van der Waals surface area contributed by atoms with Crippen LogP contribution in [-0.4, -0.2) is 31.5 Å². The van der Waals surface area contributed by atoms with E-state index < -0.39 is 11.9 Å². The maximum absolute atomic E-state index is 12.6. The Labute approximate surface area is 180 Å². The summed E-state index contributed by atoms with van der Waals surface area (Å²) in [4.78, 5) is 36.3. The molecule has 0 unspecified atom stereocenters. The number of benzene rings is 3. The summed E-state index contributed by atoms with van der Waals surface area (Å²) in [6, 6.07) is 22.5. The van der Waals surface area contributed by atoms with Crippen molar-refractivity contribution >= 4 is 23.5 Å². The van der Waals surface area contributed by atoms with E-state index in [0.29, 0.717) is 29.1 Å². The lowest BCUT2D eigenvalue weighted by molar-refractivity contribution is -0.118. The Hall–Kier alpha value is -4.13. The van der Waals surface area contributed by atoms with E-state index in [1.54, 1.807) is 48.5 Å². The third-order valence-electron chi connectivity index (χ3n) is 4.39. The third-order valence-corrected chi connectivity index (χ3v) is 4.39. The molecule has 2 N–H and O–H groups in total. The summed E-state index contributed by atoms with van der Waals surface area (Å²) < 4.78 is 10.1. The van der Waals surface area contributed by atoms with Crippen LogP contribution in [-0.2, 0) is 16.1 Å². The molecule has 31 heavy (non-hydrogen) atoms. The van der Waals surface area contributed by atoms with Crippen LogP contribution in [0.5, 0.6) is 5.75 Å². The second kappa shape index (κ2) is 10.6. The Balaban J connectivity index is 1.56. The number of carbonyl (C=O) groups excluding carboxylic acids is 3. The molecule has 0 saturated heterocycles. The van der Waals surface area contributed by atoms with Crippen molar-refractivity contribution in [2.75, 3.05) is 19.0 Å². The Kier molecular flexibility index (Phi) is 7.37. The van der Waals surface area contributed by atoms with E-state index in [4.69, 9.17) is 4.74 Å². The molecule has 3 rings (SSSR count). The number of nitrogens with one attached hydrogen (secondary N) is 2. The van der Waals surface area contributed by atoms with Crippen LogP contribution in [0, 0.1) is 0 Å². The van der Waals surface area contributed by atoms with Gasteiger partial charge < -0.3 is 20.1 Å². The summed E-state index contributed by atoms with van der Waals surface area (Å²) in [5.74, 6) is -0.734. The first-order valence-electron chi connectivity index (χ1n) is 9.59. The first-order chi connectivity index (χ1) is 15.1. The second-order valence-electron chi connectivity index (χ2n) is 6.57. The van der Waals surface area contributed by atoms with Gasteiger partial charge in [0, 0.05) is 6.54 Å². The standard InChI is InChI=1S/C24H22N2O5/c1-30-24(29)18-11-13-19(14-12-18)31-16-22(27)26-21-10-6-5-9-20(21)23(28)25-15-17-7-3-2-4-8-17/h2-14H,15-16H2,1H3,(H,25,28)(H,26,27). The van der Waals surface area contributed by atoms with Crippen LogP contribution < -0.4 is 15.4 Å². The molecule has 0 saturated carbocycles. The van der Waals surface area contributed by atoms with Gasteiger partial charge >= 0.3 is 5.97 Å². The predicted octanol–water partition coefficient (Wildman–Crippen LogP) is 3.42. The number of para-hydroxylation sites is 1. The quantitative estimate of drug-likeness (QED) is 0.547. The lowest BCUT2D eigenvalue weighted by Gasteiger charge is -2.12. The van der Waals surface area contributed by atoms with Crippen LogP contribution in [0.4, 0.5) is 5.69 Å². The Morgan fingerprint density at radius 2 is 1.52 bits per heavy atom. The zero-order valence-electron chi connectivity index (χ0n) is 17.0. The molecule has 2 amide bonds. The molecule has 7 nitrogen and oxygen atoms in total. The highest BCUT2D eigenvalue weighted by Crippen LogP contribution is 2.16. The highest BCUT2D eigenvalue weighted by Gasteiger charge is 2.13. The van der Waals surface area contributed by atoms with E-state index in [0.717, 1.165) is 5.56 Å². The predicted molar refractivity (Wildman–Crippen MR) is 116 cm³/mol. The maximum Gasteiger partial charge on any atom is 0.337 e. The number of ether oxygens (including phenoxy) is 2. The Morgan fingerprint density at radius 3 is 2.23 bits per heavy atom. The molecule has 0 fully saturated rings. The summed E-state index contributed by atoms with van der Waals surface area (Å²) in [6.07, 6.45) is 0. The van der Waals surface area contributed by atoms with E-state index >= 15 is 0 Å². The number of esters is 1. The van der Waals surface area contributed by atoms with Gasteiger partial charge in [-0.2, -0.15) is 0 Å². The minimum atomic E-state index is -0.452. The van der Waals surface area contributed by atoms with Gasteiger partial charge in [-0.05, 0) is 42.0 Å². The van der Waals surface area contributed by atoms with Crippen LogP contribution in [0.25, 0.3) is 0 Å². The van der Waals surface area contributed by atoms with Crippen LogP contribution in [0.15, 0.2) is 78.9 Å².